The van der Waals surface area contributed by atoms with Crippen LogP contribution >= 0.6 is 0 Å². The molecule has 0 amide bonds. The summed E-state index contributed by atoms with van der Waals surface area (Å²) in [5.74, 6) is 0. The van der Waals surface area contributed by atoms with Crippen molar-refractivity contribution in [2.45, 2.75) is 43.3 Å². The van der Waals surface area contributed by atoms with Crippen molar-refractivity contribution in [2.24, 2.45) is 0 Å². The molecule has 3 aliphatic heterocycles. The standard InChI is InChI=1S/C13H22N3/c1-16-11-5-4-7-13(16,10-14-9-11)12-6-2-3-8-15-12/h2,6,11-12,15H,3-5,7-10H2,1H3. The van der Waals surface area contributed by atoms with Crippen molar-refractivity contribution >= 4 is 0 Å². The average molecular weight is 220 g/mol. The number of likely N-dealkylation sites (N-methyl/N-ethyl adjacent to an activating group) is 1. The van der Waals surface area contributed by atoms with Crippen LogP contribution in [0.15, 0.2) is 12.2 Å². The molecule has 1 radical (unpaired) electrons. The summed E-state index contributed by atoms with van der Waals surface area (Å²) >= 11 is 0. The second kappa shape index (κ2) is 4.13. The molecular formula is C13H22N3. The van der Waals surface area contributed by atoms with E-state index in [0.717, 1.165) is 19.6 Å². The molecule has 0 aliphatic carbocycles. The van der Waals surface area contributed by atoms with Gasteiger partial charge in [-0.15, -0.1) is 0 Å². The molecule has 3 atom stereocenters. The lowest BCUT2D eigenvalue weighted by molar-refractivity contribution is -0.0223. The van der Waals surface area contributed by atoms with E-state index >= 15 is 0 Å². The van der Waals surface area contributed by atoms with Crippen LogP contribution in [-0.4, -0.2) is 49.2 Å². The number of nitrogens with one attached hydrogen (secondary N) is 1. The summed E-state index contributed by atoms with van der Waals surface area (Å²) in [7, 11) is 2.31. The Morgan fingerprint density at radius 3 is 3.25 bits per heavy atom. The quantitative estimate of drug-likeness (QED) is 0.661. The molecule has 3 unspecified atom stereocenters. The van der Waals surface area contributed by atoms with Crippen LogP contribution in [0.1, 0.15) is 25.7 Å². The molecular weight excluding hydrogens is 198 g/mol. The molecule has 0 aromatic heterocycles. The van der Waals surface area contributed by atoms with Gasteiger partial charge < -0.3 is 5.32 Å². The third-order valence-electron chi connectivity index (χ3n) is 4.71. The molecule has 0 aromatic carbocycles. The van der Waals surface area contributed by atoms with E-state index in [1.807, 2.05) is 0 Å². The fourth-order valence-corrected chi connectivity index (χ4v) is 3.65. The number of hydrogen-bond donors (Lipinski definition) is 1. The molecule has 16 heavy (non-hydrogen) atoms. The number of rotatable bonds is 1. The first kappa shape index (κ1) is 10.8. The smallest absolute Gasteiger partial charge is 0.0539 e. The maximum Gasteiger partial charge on any atom is 0.0539 e. The Balaban J connectivity index is 1.88. The second-order valence-corrected chi connectivity index (χ2v) is 5.47. The number of hydrogen-bond acceptors (Lipinski definition) is 2. The monoisotopic (exact) mass is 220 g/mol. The van der Waals surface area contributed by atoms with Gasteiger partial charge in [-0.1, -0.05) is 12.2 Å². The van der Waals surface area contributed by atoms with Crippen LogP contribution in [0.2, 0.25) is 0 Å². The van der Waals surface area contributed by atoms with Crippen LogP contribution in [0, 0.1) is 0 Å². The summed E-state index contributed by atoms with van der Waals surface area (Å²) in [5, 5.41) is 8.42. The van der Waals surface area contributed by atoms with Crippen molar-refractivity contribution in [1.82, 2.24) is 15.5 Å². The third kappa shape index (κ3) is 1.53. The van der Waals surface area contributed by atoms with Crippen LogP contribution in [0.25, 0.3) is 0 Å². The molecule has 3 rings (SSSR count). The van der Waals surface area contributed by atoms with Crippen LogP contribution in [0.5, 0.6) is 0 Å². The molecule has 3 nitrogen and oxygen atoms in total. The van der Waals surface area contributed by atoms with Crippen LogP contribution in [0.3, 0.4) is 0 Å². The zero-order valence-corrected chi connectivity index (χ0v) is 10.2. The molecule has 3 heterocycles. The van der Waals surface area contributed by atoms with E-state index in [4.69, 9.17) is 5.32 Å². The van der Waals surface area contributed by atoms with Gasteiger partial charge in [-0.3, -0.25) is 4.90 Å². The zero-order valence-electron chi connectivity index (χ0n) is 10.2. The highest BCUT2D eigenvalue weighted by Gasteiger charge is 2.48. The summed E-state index contributed by atoms with van der Waals surface area (Å²) in [6, 6.07) is 1.21. The summed E-state index contributed by atoms with van der Waals surface area (Å²) in [6.45, 7) is 3.19. The van der Waals surface area contributed by atoms with Gasteiger partial charge in [0.15, 0.2) is 0 Å². The van der Waals surface area contributed by atoms with Crippen LogP contribution in [-0.2, 0) is 0 Å². The summed E-state index contributed by atoms with van der Waals surface area (Å²) < 4.78 is 0. The van der Waals surface area contributed by atoms with Gasteiger partial charge in [0, 0.05) is 25.2 Å². The second-order valence-electron chi connectivity index (χ2n) is 5.47. The lowest BCUT2D eigenvalue weighted by Gasteiger charge is -2.56. The maximum atomic E-state index is 4.74. The van der Waals surface area contributed by atoms with Crippen LogP contribution in [0.4, 0.5) is 0 Å². The van der Waals surface area contributed by atoms with Gasteiger partial charge in [0.05, 0.1) is 5.54 Å². The molecule has 0 aromatic rings. The Morgan fingerprint density at radius 2 is 2.44 bits per heavy atom. The van der Waals surface area contributed by atoms with Gasteiger partial charge >= 0.3 is 0 Å². The van der Waals surface area contributed by atoms with E-state index in [2.05, 4.69) is 29.4 Å². The Kier molecular flexibility index (Phi) is 2.78. The van der Waals surface area contributed by atoms with E-state index in [1.54, 1.807) is 0 Å². The van der Waals surface area contributed by atoms with E-state index in [0.29, 0.717) is 12.1 Å². The highest BCUT2D eigenvalue weighted by molar-refractivity contribution is 5.16. The molecule has 2 fully saturated rings. The van der Waals surface area contributed by atoms with E-state index < -0.39 is 0 Å². The minimum absolute atomic E-state index is 0.276. The first-order valence-corrected chi connectivity index (χ1v) is 6.59. The highest BCUT2D eigenvalue weighted by atomic mass is 15.3. The van der Waals surface area contributed by atoms with Gasteiger partial charge in [0.25, 0.3) is 0 Å². The normalized spacial score (nSPS) is 44.6. The number of nitrogens with zero attached hydrogens (tertiary/aromatic N) is 2. The first-order valence-electron chi connectivity index (χ1n) is 6.59. The lowest BCUT2D eigenvalue weighted by Crippen LogP contribution is -2.71. The van der Waals surface area contributed by atoms with E-state index in [9.17, 15) is 0 Å². The van der Waals surface area contributed by atoms with Gasteiger partial charge in [0.1, 0.15) is 0 Å². The van der Waals surface area contributed by atoms with Crippen molar-refractivity contribution in [3.8, 4) is 0 Å². The predicted octanol–water partition coefficient (Wildman–Crippen LogP) is 0.746. The molecule has 3 heteroatoms. The van der Waals surface area contributed by atoms with Crippen molar-refractivity contribution < 1.29 is 0 Å². The van der Waals surface area contributed by atoms with Crippen molar-refractivity contribution in [3.63, 3.8) is 0 Å². The molecule has 3 aliphatic rings. The summed E-state index contributed by atoms with van der Waals surface area (Å²) in [4.78, 5) is 2.62. The minimum Gasteiger partial charge on any atom is -0.309 e. The zero-order chi connectivity index (χ0) is 11.0. The molecule has 1 N–H and O–H groups in total. The van der Waals surface area contributed by atoms with E-state index in [1.165, 1.54) is 25.7 Å². The number of piperidine rings is 1. The Labute approximate surface area is 98.3 Å². The van der Waals surface area contributed by atoms with Gasteiger partial charge in [-0.25, -0.2) is 5.32 Å². The topological polar surface area (TPSA) is 29.4 Å². The Morgan fingerprint density at radius 1 is 1.50 bits per heavy atom. The number of piperazine rings is 1. The highest BCUT2D eigenvalue weighted by Crippen LogP contribution is 2.36. The van der Waals surface area contributed by atoms with Crippen molar-refractivity contribution in [2.75, 3.05) is 26.7 Å². The summed E-state index contributed by atoms with van der Waals surface area (Å²) in [6.07, 6.45) is 9.89. The minimum atomic E-state index is 0.276. The van der Waals surface area contributed by atoms with Gasteiger partial charge in [0.2, 0.25) is 0 Å². The summed E-state index contributed by atoms with van der Waals surface area (Å²) in [5.41, 5.74) is 0.276. The predicted molar refractivity (Wildman–Crippen MR) is 65.5 cm³/mol. The first-order chi connectivity index (χ1) is 7.83. The number of fused-ring (bicyclic) bond motifs is 2. The molecule has 2 saturated heterocycles. The Hall–Kier alpha value is -0.380. The van der Waals surface area contributed by atoms with E-state index in [-0.39, 0.29) is 5.54 Å². The molecule has 89 valence electrons. The lowest BCUT2D eigenvalue weighted by atomic mass is 9.75. The largest absolute Gasteiger partial charge is 0.309 e. The SMILES string of the molecule is CN1C2CCCC1(C1C=CCCN1)C[N]C2. The molecule has 0 spiro atoms. The van der Waals surface area contributed by atoms with Crippen molar-refractivity contribution in [3.05, 3.63) is 12.2 Å². The van der Waals surface area contributed by atoms with Crippen molar-refractivity contribution in [1.29, 1.82) is 0 Å². The van der Waals surface area contributed by atoms with Gasteiger partial charge in [-0.05, 0) is 39.3 Å². The Bertz CT molecular complexity index is 277. The third-order valence-corrected chi connectivity index (χ3v) is 4.71. The fourth-order valence-electron chi connectivity index (χ4n) is 3.65. The van der Waals surface area contributed by atoms with Crippen LogP contribution < -0.4 is 10.6 Å². The molecule has 0 saturated carbocycles. The fraction of sp³-hybridized carbons (Fsp3) is 0.846. The maximum absolute atomic E-state index is 4.74. The molecule has 2 bridgehead atoms. The average Bonchev–Trinajstić information content (AvgIpc) is 2.30. The van der Waals surface area contributed by atoms with Gasteiger partial charge in [-0.2, -0.15) is 0 Å².